The molecule has 5 nitrogen and oxygen atoms in total. The number of ether oxygens (including phenoxy) is 1. The smallest absolute Gasteiger partial charge is 0.339 e. The maximum Gasteiger partial charge on any atom is 0.339 e. The van der Waals surface area contributed by atoms with Gasteiger partial charge in [-0.25, -0.2) is 14.8 Å². The van der Waals surface area contributed by atoms with Gasteiger partial charge in [0.25, 0.3) is 0 Å². The fourth-order valence-corrected chi connectivity index (χ4v) is 2.16. The summed E-state index contributed by atoms with van der Waals surface area (Å²) in [6.45, 7) is 3.81. The third kappa shape index (κ3) is 3.25. The molecule has 5 heteroatoms. The van der Waals surface area contributed by atoms with Gasteiger partial charge in [0.05, 0.1) is 11.3 Å². The molecule has 1 heterocycles. The second-order valence-corrected chi connectivity index (χ2v) is 5.01. The maximum atomic E-state index is 11.2. The number of benzene rings is 1. The van der Waals surface area contributed by atoms with Crippen LogP contribution < -0.4 is 0 Å². The van der Waals surface area contributed by atoms with Crippen LogP contribution in [0.1, 0.15) is 53.3 Å². The monoisotopic (exact) mass is 286 g/mol. The predicted octanol–water partition coefficient (Wildman–Crippen LogP) is 3.03. The van der Waals surface area contributed by atoms with Crippen LogP contribution in [-0.2, 0) is 4.74 Å². The zero-order chi connectivity index (χ0) is 15.4. The van der Waals surface area contributed by atoms with Gasteiger partial charge >= 0.3 is 5.97 Å². The van der Waals surface area contributed by atoms with E-state index in [2.05, 4.69) is 9.97 Å². The summed E-state index contributed by atoms with van der Waals surface area (Å²) >= 11 is 0. The summed E-state index contributed by atoms with van der Waals surface area (Å²) in [5, 5.41) is 9.21. The van der Waals surface area contributed by atoms with Gasteiger partial charge in [-0.3, -0.25) is 0 Å². The van der Waals surface area contributed by atoms with Crippen molar-refractivity contribution in [2.45, 2.75) is 25.9 Å². The largest absolute Gasteiger partial charge is 0.478 e. The third-order valence-electron chi connectivity index (χ3n) is 3.19. The predicted molar refractivity (Wildman–Crippen MR) is 78.4 cm³/mol. The van der Waals surface area contributed by atoms with Crippen molar-refractivity contribution in [3.63, 3.8) is 0 Å². The van der Waals surface area contributed by atoms with Crippen molar-refractivity contribution in [1.29, 1.82) is 0 Å². The Morgan fingerprint density at radius 3 is 2.43 bits per heavy atom. The number of methoxy groups -OCH3 is 1. The van der Waals surface area contributed by atoms with Gasteiger partial charge in [0.15, 0.2) is 5.82 Å². The molecule has 1 atom stereocenters. The molecular weight excluding hydrogens is 268 g/mol. The number of nitrogens with zero attached hydrogens (tertiary/aromatic N) is 2. The zero-order valence-electron chi connectivity index (χ0n) is 12.3. The van der Waals surface area contributed by atoms with E-state index in [0.29, 0.717) is 11.5 Å². The van der Waals surface area contributed by atoms with Crippen molar-refractivity contribution in [3.8, 4) is 0 Å². The van der Waals surface area contributed by atoms with Crippen molar-refractivity contribution in [2.75, 3.05) is 7.11 Å². The molecule has 21 heavy (non-hydrogen) atoms. The number of rotatable bonds is 5. The molecule has 1 N–H and O–H groups in total. The summed E-state index contributed by atoms with van der Waals surface area (Å²) in [5.41, 5.74) is 1.58. The van der Waals surface area contributed by atoms with E-state index < -0.39 is 12.1 Å². The lowest BCUT2D eigenvalue weighted by molar-refractivity contribution is 0.0693. The van der Waals surface area contributed by atoms with Crippen molar-refractivity contribution in [2.24, 2.45) is 0 Å². The number of hydrogen-bond donors (Lipinski definition) is 1. The molecule has 2 aromatic rings. The summed E-state index contributed by atoms with van der Waals surface area (Å²) in [7, 11) is 1.58. The van der Waals surface area contributed by atoms with Gasteiger partial charge < -0.3 is 9.84 Å². The molecule has 0 saturated heterocycles. The lowest BCUT2D eigenvalue weighted by atomic mass is 10.0. The molecule has 0 amide bonds. The van der Waals surface area contributed by atoms with Crippen molar-refractivity contribution in [3.05, 3.63) is 59.2 Å². The van der Waals surface area contributed by atoms with E-state index in [9.17, 15) is 9.90 Å². The van der Waals surface area contributed by atoms with Crippen LogP contribution in [0, 0.1) is 0 Å². The van der Waals surface area contributed by atoms with Crippen LogP contribution in [-0.4, -0.2) is 28.2 Å². The van der Waals surface area contributed by atoms with E-state index in [-0.39, 0.29) is 11.5 Å². The average Bonchev–Trinajstić information content (AvgIpc) is 2.48. The standard InChI is InChI=1S/C16H18N2O3/c1-10(2)13-12(16(19)20)9-17-15(18-13)14(21-3)11-7-5-4-6-8-11/h4-10,14H,1-3H3,(H,19,20). The van der Waals surface area contributed by atoms with Crippen LogP contribution in [0.25, 0.3) is 0 Å². The highest BCUT2D eigenvalue weighted by atomic mass is 16.5. The van der Waals surface area contributed by atoms with Gasteiger partial charge in [0, 0.05) is 13.3 Å². The highest BCUT2D eigenvalue weighted by Gasteiger charge is 2.21. The first-order chi connectivity index (χ1) is 10.0. The number of aromatic carboxylic acids is 1. The van der Waals surface area contributed by atoms with Crippen LogP contribution in [0.15, 0.2) is 36.5 Å². The number of aromatic nitrogens is 2. The third-order valence-corrected chi connectivity index (χ3v) is 3.19. The van der Waals surface area contributed by atoms with Crippen molar-refractivity contribution >= 4 is 5.97 Å². The highest BCUT2D eigenvalue weighted by molar-refractivity contribution is 5.88. The fraction of sp³-hybridized carbons (Fsp3) is 0.312. The van der Waals surface area contributed by atoms with Crippen LogP contribution in [0.2, 0.25) is 0 Å². The zero-order valence-corrected chi connectivity index (χ0v) is 12.3. The molecule has 0 radical (unpaired) electrons. The van der Waals surface area contributed by atoms with E-state index in [1.54, 1.807) is 7.11 Å². The van der Waals surface area contributed by atoms with Crippen LogP contribution in [0.5, 0.6) is 0 Å². The number of carbonyl (C=O) groups is 1. The quantitative estimate of drug-likeness (QED) is 0.914. The fourth-order valence-electron chi connectivity index (χ4n) is 2.16. The minimum atomic E-state index is -1.01. The molecule has 0 aliphatic rings. The van der Waals surface area contributed by atoms with Crippen LogP contribution >= 0.6 is 0 Å². The van der Waals surface area contributed by atoms with Crippen molar-refractivity contribution in [1.82, 2.24) is 9.97 Å². The molecule has 1 unspecified atom stereocenters. The SMILES string of the molecule is COC(c1ccccc1)c1ncc(C(=O)O)c(C(C)C)n1. The van der Waals surface area contributed by atoms with Crippen LogP contribution in [0.4, 0.5) is 0 Å². The summed E-state index contributed by atoms with van der Waals surface area (Å²) in [5.74, 6) is -0.553. The van der Waals surface area contributed by atoms with Crippen LogP contribution in [0.3, 0.4) is 0 Å². The van der Waals surface area contributed by atoms with E-state index >= 15 is 0 Å². The van der Waals surface area contributed by atoms with Crippen molar-refractivity contribution < 1.29 is 14.6 Å². The average molecular weight is 286 g/mol. The molecule has 0 saturated carbocycles. The number of hydrogen-bond acceptors (Lipinski definition) is 4. The second kappa shape index (κ2) is 6.45. The van der Waals surface area contributed by atoms with Gasteiger partial charge in [-0.1, -0.05) is 44.2 Å². The summed E-state index contributed by atoms with van der Waals surface area (Å²) in [6.07, 6.45) is 0.946. The van der Waals surface area contributed by atoms with E-state index in [1.165, 1.54) is 6.20 Å². The first-order valence-corrected chi connectivity index (χ1v) is 6.72. The van der Waals surface area contributed by atoms with Gasteiger partial charge in [0.2, 0.25) is 0 Å². The van der Waals surface area contributed by atoms with E-state index in [1.807, 2.05) is 44.2 Å². The first-order valence-electron chi connectivity index (χ1n) is 6.72. The normalized spacial score (nSPS) is 12.4. The lowest BCUT2D eigenvalue weighted by Gasteiger charge is -2.17. The minimum absolute atomic E-state index is 0.00821. The van der Waals surface area contributed by atoms with E-state index in [0.717, 1.165) is 5.56 Å². The number of carboxylic acid groups (broad SMARTS) is 1. The Hall–Kier alpha value is -2.27. The minimum Gasteiger partial charge on any atom is -0.478 e. The molecule has 110 valence electrons. The van der Waals surface area contributed by atoms with E-state index in [4.69, 9.17) is 4.74 Å². The van der Waals surface area contributed by atoms with Gasteiger partial charge in [-0.15, -0.1) is 0 Å². The highest BCUT2D eigenvalue weighted by Crippen LogP contribution is 2.25. The topological polar surface area (TPSA) is 72.3 Å². The second-order valence-electron chi connectivity index (χ2n) is 5.01. The number of carboxylic acids is 1. The Morgan fingerprint density at radius 1 is 1.24 bits per heavy atom. The van der Waals surface area contributed by atoms with Gasteiger partial charge in [0.1, 0.15) is 6.10 Å². The molecule has 0 aliphatic carbocycles. The molecule has 1 aromatic carbocycles. The molecular formula is C16H18N2O3. The molecule has 0 fully saturated rings. The maximum absolute atomic E-state index is 11.2. The molecule has 0 spiro atoms. The summed E-state index contributed by atoms with van der Waals surface area (Å²) in [6, 6.07) is 9.60. The molecule has 0 bridgehead atoms. The Bertz CT molecular complexity index is 627. The summed E-state index contributed by atoms with van der Waals surface area (Å²) in [4.78, 5) is 19.8. The van der Waals surface area contributed by atoms with Gasteiger partial charge in [-0.05, 0) is 11.5 Å². The lowest BCUT2D eigenvalue weighted by Crippen LogP contribution is -2.14. The first kappa shape index (κ1) is 15.1. The Morgan fingerprint density at radius 2 is 1.90 bits per heavy atom. The molecule has 2 rings (SSSR count). The molecule has 0 aliphatic heterocycles. The Balaban J connectivity index is 2.48. The summed E-state index contributed by atoms with van der Waals surface area (Å²) < 4.78 is 5.49. The Labute approximate surface area is 123 Å². The Kier molecular flexibility index (Phi) is 4.65. The van der Waals surface area contributed by atoms with Gasteiger partial charge in [-0.2, -0.15) is 0 Å². The molecule has 1 aromatic heterocycles.